The quantitative estimate of drug-likeness (QED) is 0.814. The number of fused-ring (bicyclic) bond motifs is 1. The van der Waals surface area contributed by atoms with Gasteiger partial charge < -0.3 is 0 Å². The number of anilines is 1. The van der Waals surface area contributed by atoms with Crippen LogP contribution in [0.3, 0.4) is 0 Å². The van der Waals surface area contributed by atoms with E-state index in [2.05, 4.69) is 10.3 Å². The number of carbonyl (C=O) groups excluding carboxylic acids is 2. The van der Waals surface area contributed by atoms with Gasteiger partial charge in [0.1, 0.15) is 19.3 Å². The first kappa shape index (κ1) is 17.7. The van der Waals surface area contributed by atoms with E-state index in [1.54, 1.807) is 28.9 Å². The maximum absolute atomic E-state index is 11.7. The van der Waals surface area contributed by atoms with E-state index in [0.29, 0.717) is 23.5 Å². The van der Waals surface area contributed by atoms with Crippen molar-refractivity contribution in [2.75, 3.05) is 11.4 Å². The molecule has 2 aromatic rings. The highest BCUT2D eigenvalue weighted by Gasteiger charge is 2.26. The minimum Gasteiger partial charge on any atom is -0.286 e. The van der Waals surface area contributed by atoms with Crippen molar-refractivity contribution in [3.8, 4) is 0 Å². The van der Waals surface area contributed by atoms with Crippen molar-refractivity contribution in [3.05, 3.63) is 24.5 Å². The van der Waals surface area contributed by atoms with Crippen LogP contribution in [0.4, 0.5) is 10.6 Å². The normalized spacial score (nSPS) is 13.7. The number of imidazole rings is 1. The molecular weight excluding hydrogens is 279 g/mol. The number of imide groups is 1. The summed E-state index contributed by atoms with van der Waals surface area (Å²) in [6.07, 6.45) is 3.62. The lowest BCUT2D eigenvalue weighted by Crippen LogP contribution is -2.50. The molecule has 2 aromatic heterocycles. The molecule has 7 heteroatoms. The van der Waals surface area contributed by atoms with Crippen LogP contribution in [0.2, 0.25) is 0 Å². The third-order valence-electron chi connectivity index (χ3n) is 2.85. The number of nitrogens with one attached hydrogen (secondary N) is 1. The molecule has 6 nitrogen and oxygen atoms in total. The fourth-order valence-corrected chi connectivity index (χ4v) is 1.97. The van der Waals surface area contributed by atoms with Crippen LogP contribution < -0.4 is 15.7 Å². The molecule has 0 atom stereocenters. The molecule has 0 saturated carbocycles. The fourth-order valence-electron chi connectivity index (χ4n) is 1.97. The Bertz CT molecular complexity index is 654. The largest absolute Gasteiger partial charge is 0.329 e. The van der Waals surface area contributed by atoms with Gasteiger partial charge >= 0.3 is 6.03 Å². The molecule has 0 aliphatic carbocycles. The van der Waals surface area contributed by atoms with Crippen molar-refractivity contribution < 1.29 is 9.59 Å². The van der Waals surface area contributed by atoms with Crippen molar-refractivity contribution in [1.29, 1.82) is 0 Å². The summed E-state index contributed by atoms with van der Waals surface area (Å²) in [4.78, 5) is 28.5. The topological polar surface area (TPSA) is 66.7 Å². The number of pyridine rings is 1. The third-order valence-corrected chi connectivity index (χ3v) is 2.85. The SMILES string of the molecule is CC.CC.[B]c1ccn2c(N3CCC(=O)NC3=O)cnc2c1. The van der Waals surface area contributed by atoms with Gasteiger partial charge in [0, 0.05) is 19.2 Å². The van der Waals surface area contributed by atoms with Crippen LogP contribution in [0.5, 0.6) is 0 Å². The number of hydrogen-bond acceptors (Lipinski definition) is 3. The summed E-state index contributed by atoms with van der Waals surface area (Å²) in [6, 6.07) is 3.02. The number of aromatic nitrogens is 2. The molecular formula is C15H21BN4O2. The second kappa shape index (κ2) is 8.21. The number of carbonyl (C=O) groups is 2. The molecule has 1 aliphatic rings. The minimum atomic E-state index is -0.426. The van der Waals surface area contributed by atoms with Crippen LogP contribution in [0.1, 0.15) is 34.1 Å². The van der Waals surface area contributed by atoms with E-state index in [-0.39, 0.29) is 12.3 Å². The number of nitrogens with zero attached hydrogens (tertiary/aromatic N) is 3. The van der Waals surface area contributed by atoms with Crippen LogP contribution in [0.15, 0.2) is 24.5 Å². The van der Waals surface area contributed by atoms with E-state index in [0.717, 1.165) is 0 Å². The molecule has 22 heavy (non-hydrogen) atoms. The Labute approximate surface area is 131 Å². The van der Waals surface area contributed by atoms with E-state index < -0.39 is 6.03 Å². The second-order valence-electron chi connectivity index (χ2n) is 4.06. The van der Waals surface area contributed by atoms with Crippen LogP contribution in [0.25, 0.3) is 5.65 Å². The van der Waals surface area contributed by atoms with Crippen LogP contribution in [0, 0.1) is 0 Å². The monoisotopic (exact) mass is 300 g/mol. The van der Waals surface area contributed by atoms with Crippen LogP contribution in [-0.2, 0) is 4.79 Å². The summed E-state index contributed by atoms with van der Waals surface area (Å²) >= 11 is 0. The molecule has 1 fully saturated rings. The number of amides is 3. The van der Waals surface area contributed by atoms with Gasteiger partial charge in [0.15, 0.2) is 0 Å². The fraction of sp³-hybridized carbons (Fsp3) is 0.400. The van der Waals surface area contributed by atoms with E-state index in [1.807, 2.05) is 27.7 Å². The van der Waals surface area contributed by atoms with Crippen molar-refractivity contribution in [1.82, 2.24) is 14.7 Å². The maximum atomic E-state index is 11.7. The summed E-state index contributed by atoms with van der Waals surface area (Å²) in [5.74, 6) is 0.365. The lowest BCUT2D eigenvalue weighted by atomic mass is 9.98. The van der Waals surface area contributed by atoms with Crippen molar-refractivity contribution in [2.45, 2.75) is 34.1 Å². The lowest BCUT2D eigenvalue weighted by Gasteiger charge is -2.25. The first-order valence-corrected chi connectivity index (χ1v) is 7.49. The Hall–Kier alpha value is -2.31. The van der Waals surface area contributed by atoms with Gasteiger partial charge in [-0.3, -0.25) is 19.4 Å². The molecule has 0 bridgehead atoms. The average molecular weight is 300 g/mol. The summed E-state index contributed by atoms with van der Waals surface area (Å²) in [7, 11) is 5.67. The molecule has 3 rings (SSSR count). The zero-order valence-corrected chi connectivity index (χ0v) is 13.5. The molecule has 0 aromatic carbocycles. The molecule has 2 radical (unpaired) electrons. The average Bonchev–Trinajstić information content (AvgIpc) is 2.94. The van der Waals surface area contributed by atoms with E-state index >= 15 is 0 Å². The summed E-state index contributed by atoms with van der Waals surface area (Å²) in [5, 5.41) is 2.28. The van der Waals surface area contributed by atoms with Gasteiger partial charge in [-0.25, -0.2) is 9.78 Å². The summed E-state index contributed by atoms with van der Waals surface area (Å²) < 4.78 is 1.76. The minimum absolute atomic E-state index is 0.255. The highest BCUT2D eigenvalue weighted by Crippen LogP contribution is 2.18. The predicted octanol–water partition coefficient (Wildman–Crippen LogP) is 1.63. The molecule has 3 amide bonds. The Morgan fingerprint density at radius 1 is 1.23 bits per heavy atom. The molecule has 116 valence electrons. The smallest absolute Gasteiger partial charge is 0.286 e. The highest BCUT2D eigenvalue weighted by atomic mass is 16.2. The van der Waals surface area contributed by atoms with Gasteiger partial charge in [0.2, 0.25) is 5.91 Å². The molecule has 3 heterocycles. The molecule has 1 aliphatic heterocycles. The number of hydrogen-bond donors (Lipinski definition) is 1. The predicted molar refractivity (Wildman–Crippen MR) is 88.8 cm³/mol. The van der Waals surface area contributed by atoms with E-state index in [1.165, 1.54) is 4.90 Å². The maximum Gasteiger partial charge on any atom is 0.329 e. The zero-order chi connectivity index (χ0) is 16.7. The van der Waals surface area contributed by atoms with E-state index in [9.17, 15) is 9.59 Å². The van der Waals surface area contributed by atoms with Crippen molar-refractivity contribution in [2.24, 2.45) is 0 Å². The standard InChI is InChI=1S/C11H9BN4O2.2C2H6/c12-7-1-3-15-8(5-7)13-6-10(15)16-4-2-9(17)14-11(16)18;2*1-2/h1,3,5-6H,2,4H2,(H,14,17,18);2*1-2H3. The molecule has 0 spiro atoms. The summed E-state index contributed by atoms with van der Waals surface area (Å²) in [6.45, 7) is 8.35. The van der Waals surface area contributed by atoms with Crippen LogP contribution >= 0.6 is 0 Å². The Kier molecular flexibility index (Phi) is 6.63. The first-order chi connectivity index (χ1) is 10.6. The Morgan fingerprint density at radius 3 is 2.55 bits per heavy atom. The molecule has 1 N–H and O–H groups in total. The lowest BCUT2D eigenvalue weighted by molar-refractivity contribution is -0.120. The molecule has 0 unspecified atom stereocenters. The van der Waals surface area contributed by atoms with E-state index in [4.69, 9.17) is 7.85 Å². The first-order valence-electron chi connectivity index (χ1n) is 7.49. The number of rotatable bonds is 1. The van der Waals surface area contributed by atoms with Gasteiger partial charge in [0.05, 0.1) is 6.20 Å². The highest BCUT2D eigenvalue weighted by molar-refractivity contribution is 6.32. The van der Waals surface area contributed by atoms with Crippen molar-refractivity contribution >= 4 is 36.7 Å². The second-order valence-corrected chi connectivity index (χ2v) is 4.06. The third kappa shape index (κ3) is 3.66. The Balaban J connectivity index is 0.000000561. The van der Waals surface area contributed by atoms with Crippen LogP contribution in [-0.4, -0.2) is 35.7 Å². The zero-order valence-electron chi connectivity index (χ0n) is 13.5. The van der Waals surface area contributed by atoms with Gasteiger partial charge in [-0.15, -0.1) is 0 Å². The van der Waals surface area contributed by atoms with Gasteiger partial charge in [-0.05, 0) is 6.07 Å². The summed E-state index contributed by atoms with van der Waals surface area (Å²) in [5.41, 5.74) is 1.27. The molecule has 1 saturated heterocycles. The number of urea groups is 1. The van der Waals surface area contributed by atoms with Crippen molar-refractivity contribution in [3.63, 3.8) is 0 Å². The van der Waals surface area contributed by atoms with Gasteiger partial charge in [0.25, 0.3) is 0 Å². The van der Waals surface area contributed by atoms with Gasteiger partial charge in [-0.2, -0.15) is 0 Å². The van der Waals surface area contributed by atoms with Gasteiger partial charge in [-0.1, -0.05) is 39.2 Å². The Morgan fingerprint density at radius 2 is 1.91 bits per heavy atom.